The van der Waals surface area contributed by atoms with Gasteiger partial charge in [-0.3, -0.25) is 9.78 Å². The summed E-state index contributed by atoms with van der Waals surface area (Å²) in [6, 6.07) is 3.92. The van der Waals surface area contributed by atoms with Gasteiger partial charge >= 0.3 is 0 Å². The molecule has 1 fully saturated rings. The van der Waals surface area contributed by atoms with Crippen LogP contribution < -0.4 is 5.73 Å². The summed E-state index contributed by atoms with van der Waals surface area (Å²) in [5.74, 6) is 0.0882. The zero-order valence-corrected chi connectivity index (χ0v) is 10.6. The third-order valence-corrected chi connectivity index (χ3v) is 3.43. The van der Waals surface area contributed by atoms with Gasteiger partial charge in [0.25, 0.3) is 0 Å². The van der Waals surface area contributed by atoms with Crippen molar-refractivity contribution in [1.82, 2.24) is 9.88 Å². The molecule has 1 aromatic rings. The fourth-order valence-corrected chi connectivity index (χ4v) is 2.03. The van der Waals surface area contributed by atoms with Crippen molar-refractivity contribution >= 4 is 5.91 Å². The molecule has 2 heterocycles. The van der Waals surface area contributed by atoms with Crippen molar-refractivity contribution in [2.75, 3.05) is 33.4 Å². The number of amides is 1. The van der Waals surface area contributed by atoms with Gasteiger partial charge in [-0.05, 0) is 24.1 Å². The molecule has 98 valence electrons. The molecule has 0 radical (unpaired) electrons. The van der Waals surface area contributed by atoms with E-state index in [1.54, 1.807) is 17.3 Å². The van der Waals surface area contributed by atoms with Gasteiger partial charge in [0, 0.05) is 32.5 Å². The fraction of sp³-hybridized carbons (Fsp3) is 0.538. The summed E-state index contributed by atoms with van der Waals surface area (Å²) < 4.78 is 5.13. The molecule has 5 nitrogen and oxygen atoms in total. The number of nitrogens with two attached hydrogens (primary N) is 1. The Morgan fingerprint density at radius 1 is 1.50 bits per heavy atom. The van der Waals surface area contributed by atoms with E-state index in [1.165, 1.54) is 5.56 Å². The Labute approximate surface area is 107 Å². The average Bonchev–Trinajstić information content (AvgIpc) is 2.36. The SMILES string of the molecule is CN(CCc1ccncc1)C(=O)C1(CN)COC1. The van der Waals surface area contributed by atoms with E-state index in [0.29, 0.717) is 26.3 Å². The van der Waals surface area contributed by atoms with E-state index in [0.717, 1.165) is 6.42 Å². The second-order valence-electron chi connectivity index (χ2n) is 4.81. The molecule has 18 heavy (non-hydrogen) atoms. The maximum absolute atomic E-state index is 12.3. The van der Waals surface area contributed by atoms with Crippen LogP contribution in [0.4, 0.5) is 0 Å². The topological polar surface area (TPSA) is 68.5 Å². The van der Waals surface area contributed by atoms with Gasteiger partial charge in [-0.25, -0.2) is 0 Å². The first-order valence-electron chi connectivity index (χ1n) is 6.10. The molecule has 0 atom stereocenters. The normalized spacial score (nSPS) is 17.0. The molecule has 0 spiro atoms. The maximum Gasteiger partial charge on any atom is 0.234 e. The van der Waals surface area contributed by atoms with Gasteiger partial charge in [-0.15, -0.1) is 0 Å². The molecule has 1 aromatic heterocycles. The van der Waals surface area contributed by atoms with E-state index >= 15 is 0 Å². The summed E-state index contributed by atoms with van der Waals surface area (Å²) >= 11 is 0. The van der Waals surface area contributed by atoms with Gasteiger partial charge in [-0.2, -0.15) is 0 Å². The Balaban J connectivity index is 1.88. The fourth-order valence-electron chi connectivity index (χ4n) is 2.03. The number of carbonyl (C=O) groups excluding carboxylic acids is 1. The second-order valence-corrected chi connectivity index (χ2v) is 4.81. The quantitative estimate of drug-likeness (QED) is 0.801. The number of likely N-dealkylation sites (N-methyl/N-ethyl adjacent to an activating group) is 1. The lowest BCUT2D eigenvalue weighted by Gasteiger charge is -2.41. The zero-order valence-electron chi connectivity index (χ0n) is 10.6. The van der Waals surface area contributed by atoms with Crippen LogP contribution in [0.25, 0.3) is 0 Å². The minimum absolute atomic E-state index is 0.0882. The molecule has 1 aliphatic heterocycles. The number of nitrogens with zero attached hydrogens (tertiary/aromatic N) is 2. The summed E-state index contributed by atoms with van der Waals surface area (Å²) in [7, 11) is 1.82. The largest absolute Gasteiger partial charge is 0.379 e. The first-order chi connectivity index (χ1) is 8.68. The van der Waals surface area contributed by atoms with Crippen LogP contribution in [-0.4, -0.2) is 49.1 Å². The monoisotopic (exact) mass is 249 g/mol. The highest BCUT2D eigenvalue weighted by Gasteiger charge is 2.46. The Morgan fingerprint density at radius 3 is 2.67 bits per heavy atom. The lowest BCUT2D eigenvalue weighted by molar-refractivity contribution is -0.169. The van der Waals surface area contributed by atoms with Crippen LogP contribution in [0.5, 0.6) is 0 Å². The van der Waals surface area contributed by atoms with Crippen LogP contribution in [-0.2, 0) is 16.0 Å². The maximum atomic E-state index is 12.3. The molecule has 0 bridgehead atoms. The minimum atomic E-state index is -0.479. The van der Waals surface area contributed by atoms with E-state index in [1.807, 2.05) is 19.2 Å². The average molecular weight is 249 g/mol. The van der Waals surface area contributed by atoms with Crippen molar-refractivity contribution in [2.45, 2.75) is 6.42 Å². The number of rotatable bonds is 5. The van der Waals surface area contributed by atoms with E-state index in [4.69, 9.17) is 10.5 Å². The van der Waals surface area contributed by atoms with E-state index in [2.05, 4.69) is 4.98 Å². The van der Waals surface area contributed by atoms with Crippen molar-refractivity contribution < 1.29 is 9.53 Å². The standard InChI is InChI=1S/C13H19N3O2/c1-16(7-4-11-2-5-15-6-3-11)12(17)13(8-14)9-18-10-13/h2-3,5-6H,4,7-10,14H2,1H3. The third kappa shape index (κ3) is 2.52. The number of hydrogen-bond donors (Lipinski definition) is 1. The summed E-state index contributed by atoms with van der Waals surface area (Å²) in [6.45, 7) is 1.93. The molecule has 0 unspecified atom stereocenters. The Kier molecular flexibility index (Phi) is 3.93. The highest BCUT2D eigenvalue weighted by atomic mass is 16.5. The van der Waals surface area contributed by atoms with Gasteiger partial charge < -0.3 is 15.4 Å². The van der Waals surface area contributed by atoms with Crippen molar-refractivity contribution in [3.05, 3.63) is 30.1 Å². The molecule has 2 N–H and O–H groups in total. The van der Waals surface area contributed by atoms with Gasteiger partial charge in [-0.1, -0.05) is 0 Å². The molecule has 0 saturated carbocycles. The van der Waals surface area contributed by atoms with Crippen molar-refractivity contribution in [3.63, 3.8) is 0 Å². The summed E-state index contributed by atoms with van der Waals surface area (Å²) in [6.07, 6.45) is 4.35. The van der Waals surface area contributed by atoms with Gasteiger partial charge in [0.2, 0.25) is 5.91 Å². The molecule has 0 aliphatic carbocycles. The van der Waals surface area contributed by atoms with Crippen LogP contribution in [0.15, 0.2) is 24.5 Å². The smallest absolute Gasteiger partial charge is 0.234 e. The molecule has 0 aromatic carbocycles. The summed E-state index contributed by atoms with van der Waals surface area (Å²) in [4.78, 5) is 18.0. The zero-order chi connectivity index (χ0) is 13.0. The molecule has 1 amide bonds. The van der Waals surface area contributed by atoms with Gasteiger partial charge in [0.1, 0.15) is 5.41 Å². The number of hydrogen-bond acceptors (Lipinski definition) is 4. The predicted molar refractivity (Wildman–Crippen MR) is 67.9 cm³/mol. The van der Waals surface area contributed by atoms with E-state index in [-0.39, 0.29) is 5.91 Å². The van der Waals surface area contributed by atoms with Gasteiger partial charge in [0.15, 0.2) is 0 Å². The van der Waals surface area contributed by atoms with E-state index in [9.17, 15) is 4.79 Å². The first kappa shape index (κ1) is 13.0. The van der Waals surface area contributed by atoms with Gasteiger partial charge in [0.05, 0.1) is 13.2 Å². The molecular weight excluding hydrogens is 230 g/mol. The number of pyridine rings is 1. The van der Waals surface area contributed by atoms with Crippen molar-refractivity contribution in [1.29, 1.82) is 0 Å². The Morgan fingerprint density at radius 2 is 2.17 bits per heavy atom. The highest BCUT2D eigenvalue weighted by molar-refractivity contribution is 5.84. The second kappa shape index (κ2) is 5.46. The third-order valence-electron chi connectivity index (χ3n) is 3.43. The summed E-state index contributed by atoms with van der Waals surface area (Å²) in [5.41, 5.74) is 6.38. The van der Waals surface area contributed by atoms with Crippen LogP contribution >= 0.6 is 0 Å². The van der Waals surface area contributed by atoms with Crippen LogP contribution in [0, 0.1) is 5.41 Å². The lowest BCUT2D eigenvalue weighted by Crippen LogP contribution is -2.58. The Bertz CT molecular complexity index is 398. The molecule has 2 rings (SSSR count). The number of aromatic nitrogens is 1. The Hall–Kier alpha value is -1.46. The summed E-state index contributed by atoms with van der Waals surface area (Å²) in [5, 5.41) is 0. The predicted octanol–water partition coefficient (Wildman–Crippen LogP) is 0.0578. The van der Waals surface area contributed by atoms with Crippen LogP contribution in [0.2, 0.25) is 0 Å². The van der Waals surface area contributed by atoms with Crippen LogP contribution in [0.1, 0.15) is 5.56 Å². The van der Waals surface area contributed by atoms with Crippen molar-refractivity contribution in [2.24, 2.45) is 11.1 Å². The molecule has 1 aliphatic rings. The van der Waals surface area contributed by atoms with E-state index < -0.39 is 5.41 Å². The lowest BCUT2D eigenvalue weighted by atomic mass is 9.84. The highest BCUT2D eigenvalue weighted by Crippen LogP contribution is 2.28. The van der Waals surface area contributed by atoms with Crippen molar-refractivity contribution in [3.8, 4) is 0 Å². The molecule has 1 saturated heterocycles. The number of ether oxygens (including phenoxy) is 1. The molecule has 5 heteroatoms. The van der Waals surface area contributed by atoms with Crippen LogP contribution in [0.3, 0.4) is 0 Å². The first-order valence-corrected chi connectivity index (χ1v) is 6.10. The minimum Gasteiger partial charge on any atom is -0.379 e. The molecular formula is C13H19N3O2. The number of carbonyl (C=O) groups is 1.